The standard InChI is InChI=1S/C19H19N5O3/c1-27-15-9-7-14(8-10-15)17(25)5-2-6-18(26)23-16-4-3-11-21-19(16)24-13-20-12-22-24/h3-4,7-13H,2,5-6H2,1H3,(H,23,26). The van der Waals surface area contributed by atoms with Crippen LogP contribution in [0.1, 0.15) is 29.6 Å². The summed E-state index contributed by atoms with van der Waals surface area (Å²) in [4.78, 5) is 32.5. The van der Waals surface area contributed by atoms with Crippen LogP contribution in [-0.4, -0.2) is 38.5 Å². The molecule has 0 radical (unpaired) electrons. The number of nitrogens with zero attached hydrogens (tertiary/aromatic N) is 4. The van der Waals surface area contributed by atoms with E-state index in [0.717, 1.165) is 0 Å². The van der Waals surface area contributed by atoms with Crippen LogP contribution in [0.15, 0.2) is 55.2 Å². The molecule has 0 aliphatic rings. The van der Waals surface area contributed by atoms with Gasteiger partial charge in [-0.2, -0.15) is 5.10 Å². The molecule has 8 heteroatoms. The Bertz CT molecular complexity index is 907. The summed E-state index contributed by atoms with van der Waals surface area (Å²) >= 11 is 0. The van der Waals surface area contributed by atoms with Crippen molar-refractivity contribution in [3.63, 3.8) is 0 Å². The lowest BCUT2D eigenvalue weighted by molar-refractivity contribution is -0.116. The molecule has 0 aliphatic heterocycles. The van der Waals surface area contributed by atoms with E-state index in [1.165, 1.54) is 17.3 Å². The molecule has 138 valence electrons. The van der Waals surface area contributed by atoms with Gasteiger partial charge in [-0.1, -0.05) is 0 Å². The van der Waals surface area contributed by atoms with E-state index in [-0.39, 0.29) is 18.1 Å². The molecule has 0 saturated heterocycles. The predicted octanol–water partition coefficient (Wildman–Crippen LogP) is 2.66. The Balaban J connectivity index is 1.52. The summed E-state index contributed by atoms with van der Waals surface area (Å²) in [7, 11) is 1.58. The van der Waals surface area contributed by atoms with Gasteiger partial charge in [0, 0.05) is 24.6 Å². The molecule has 27 heavy (non-hydrogen) atoms. The molecule has 1 aromatic carbocycles. The van der Waals surface area contributed by atoms with Gasteiger partial charge >= 0.3 is 0 Å². The fourth-order valence-electron chi connectivity index (χ4n) is 2.54. The first kappa shape index (κ1) is 18.2. The number of ketones is 1. The molecule has 2 aromatic heterocycles. The van der Waals surface area contributed by atoms with Crippen molar-refractivity contribution >= 4 is 17.4 Å². The molecule has 0 unspecified atom stereocenters. The number of pyridine rings is 1. The van der Waals surface area contributed by atoms with Crippen molar-refractivity contribution in [2.75, 3.05) is 12.4 Å². The van der Waals surface area contributed by atoms with E-state index in [9.17, 15) is 9.59 Å². The molecule has 0 aliphatic carbocycles. The smallest absolute Gasteiger partial charge is 0.224 e. The van der Waals surface area contributed by atoms with Crippen molar-refractivity contribution < 1.29 is 14.3 Å². The minimum absolute atomic E-state index is 0.00450. The van der Waals surface area contributed by atoms with Crippen LogP contribution in [0.25, 0.3) is 5.82 Å². The minimum Gasteiger partial charge on any atom is -0.497 e. The van der Waals surface area contributed by atoms with Gasteiger partial charge in [0.25, 0.3) is 0 Å². The Kier molecular flexibility index (Phi) is 5.88. The van der Waals surface area contributed by atoms with Gasteiger partial charge in [-0.15, -0.1) is 0 Å². The summed E-state index contributed by atoms with van der Waals surface area (Å²) in [5.74, 6) is 0.991. The largest absolute Gasteiger partial charge is 0.497 e. The third kappa shape index (κ3) is 4.75. The van der Waals surface area contributed by atoms with Crippen molar-refractivity contribution in [3.8, 4) is 11.6 Å². The van der Waals surface area contributed by atoms with Crippen molar-refractivity contribution in [3.05, 3.63) is 60.8 Å². The fraction of sp³-hybridized carbons (Fsp3) is 0.211. The van der Waals surface area contributed by atoms with Crippen molar-refractivity contribution in [1.29, 1.82) is 0 Å². The lowest BCUT2D eigenvalue weighted by atomic mass is 10.1. The molecule has 3 rings (SSSR count). The normalized spacial score (nSPS) is 10.4. The van der Waals surface area contributed by atoms with Crippen LogP contribution in [0, 0.1) is 0 Å². The maximum atomic E-state index is 12.2. The van der Waals surface area contributed by atoms with Gasteiger partial charge in [0.2, 0.25) is 5.91 Å². The van der Waals surface area contributed by atoms with E-state index in [0.29, 0.717) is 35.7 Å². The maximum Gasteiger partial charge on any atom is 0.224 e. The number of carbonyl (C=O) groups is 2. The van der Waals surface area contributed by atoms with Gasteiger partial charge < -0.3 is 10.1 Å². The van der Waals surface area contributed by atoms with Gasteiger partial charge in [-0.25, -0.2) is 14.6 Å². The van der Waals surface area contributed by atoms with E-state index >= 15 is 0 Å². The molecule has 0 atom stereocenters. The van der Waals surface area contributed by atoms with Gasteiger partial charge in [0.05, 0.1) is 12.8 Å². The van der Waals surface area contributed by atoms with E-state index in [1.807, 2.05) is 0 Å². The Morgan fingerprint density at radius 1 is 1.15 bits per heavy atom. The first-order valence-electron chi connectivity index (χ1n) is 8.44. The maximum absolute atomic E-state index is 12.2. The third-order valence-corrected chi connectivity index (χ3v) is 3.92. The van der Waals surface area contributed by atoms with Gasteiger partial charge in [-0.05, 0) is 42.8 Å². The zero-order valence-electron chi connectivity index (χ0n) is 14.8. The zero-order chi connectivity index (χ0) is 19.1. The topological polar surface area (TPSA) is 99.0 Å². The van der Waals surface area contributed by atoms with Crippen LogP contribution in [0.4, 0.5) is 5.69 Å². The van der Waals surface area contributed by atoms with Crippen LogP contribution < -0.4 is 10.1 Å². The monoisotopic (exact) mass is 365 g/mol. The molecule has 0 spiro atoms. The average Bonchev–Trinajstić information content (AvgIpc) is 3.23. The molecule has 1 N–H and O–H groups in total. The zero-order valence-corrected chi connectivity index (χ0v) is 14.8. The highest BCUT2D eigenvalue weighted by Crippen LogP contribution is 2.17. The van der Waals surface area contributed by atoms with Crippen molar-refractivity contribution in [2.45, 2.75) is 19.3 Å². The third-order valence-electron chi connectivity index (χ3n) is 3.92. The fourth-order valence-corrected chi connectivity index (χ4v) is 2.54. The minimum atomic E-state index is -0.188. The number of anilines is 1. The number of hydrogen-bond donors (Lipinski definition) is 1. The highest BCUT2D eigenvalue weighted by atomic mass is 16.5. The second-order valence-electron chi connectivity index (χ2n) is 5.77. The molecule has 0 fully saturated rings. The molecule has 0 saturated carbocycles. The number of ether oxygens (including phenoxy) is 1. The molecule has 0 bridgehead atoms. The van der Waals surface area contributed by atoms with E-state index < -0.39 is 0 Å². The predicted molar refractivity (Wildman–Crippen MR) is 99.0 cm³/mol. The number of amides is 1. The Morgan fingerprint density at radius 2 is 1.96 bits per heavy atom. The number of rotatable bonds is 8. The van der Waals surface area contributed by atoms with Crippen molar-refractivity contribution in [2.24, 2.45) is 0 Å². The number of Topliss-reactive ketones (excluding diaryl/α,β-unsaturated/α-hetero) is 1. The van der Waals surface area contributed by atoms with Crippen molar-refractivity contribution in [1.82, 2.24) is 19.7 Å². The van der Waals surface area contributed by atoms with Gasteiger partial charge in [0.1, 0.15) is 18.4 Å². The van der Waals surface area contributed by atoms with E-state index in [4.69, 9.17) is 4.74 Å². The molecule has 8 nitrogen and oxygen atoms in total. The Labute approximate surface area is 156 Å². The summed E-state index contributed by atoms with van der Waals surface area (Å²) in [5, 5.41) is 6.83. The highest BCUT2D eigenvalue weighted by molar-refractivity contribution is 5.97. The molecule has 3 aromatic rings. The lowest BCUT2D eigenvalue weighted by Gasteiger charge is -2.09. The second-order valence-corrected chi connectivity index (χ2v) is 5.77. The van der Waals surface area contributed by atoms with Crippen LogP contribution in [-0.2, 0) is 4.79 Å². The number of benzene rings is 1. The van der Waals surface area contributed by atoms with E-state index in [1.54, 1.807) is 49.7 Å². The Hall–Kier alpha value is -3.55. The summed E-state index contributed by atoms with van der Waals surface area (Å²) in [6.45, 7) is 0. The second kappa shape index (κ2) is 8.70. The van der Waals surface area contributed by atoms with E-state index in [2.05, 4.69) is 20.4 Å². The first-order chi connectivity index (χ1) is 13.2. The van der Waals surface area contributed by atoms with Crippen LogP contribution in [0.2, 0.25) is 0 Å². The number of methoxy groups -OCH3 is 1. The number of hydrogen-bond acceptors (Lipinski definition) is 6. The summed E-state index contributed by atoms with van der Waals surface area (Å²) in [6, 6.07) is 10.4. The first-order valence-corrected chi connectivity index (χ1v) is 8.44. The average molecular weight is 365 g/mol. The SMILES string of the molecule is COc1ccc(C(=O)CCCC(=O)Nc2cccnc2-n2cncn2)cc1. The number of nitrogens with one attached hydrogen (secondary N) is 1. The summed E-state index contributed by atoms with van der Waals surface area (Å²) in [5.41, 5.74) is 1.14. The molecule has 1 amide bonds. The number of aromatic nitrogens is 4. The van der Waals surface area contributed by atoms with Crippen LogP contribution >= 0.6 is 0 Å². The lowest BCUT2D eigenvalue weighted by Crippen LogP contribution is -2.14. The van der Waals surface area contributed by atoms with Gasteiger partial charge in [-0.3, -0.25) is 9.59 Å². The summed E-state index contributed by atoms with van der Waals surface area (Å²) < 4.78 is 6.55. The van der Waals surface area contributed by atoms with Crippen LogP contribution in [0.3, 0.4) is 0 Å². The molecular weight excluding hydrogens is 346 g/mol. The van der Waals surface area contributed by atoms with Crippen LogP contribution in [0.5, 0.6) is 5.75 Å². The van der Waals surface area contributed by atoms with Gasteiger partial charge in [0.15, 0.2) is 11.6 Å². The summed E-state index contributed by atoms with van der Waals surface area (Å²) in [6.07, 6.45) is 5.49. The Morgan fingerprint density at radius 3 is 2.67 bits per heavy atom. The quantitative estimate of drug-likeness (QED) is 0.616. The molecular formula is C19H19N5O3. The molecule has 2 heterocycles. The highest BCUT2D eigenvalue weighted by Gasteiger charge is 2.11. The number of carbonyl (C=O) groups excluding carboxylic acids is 2.